The Morgan fingerprint density at radius 1 is 0.350 bits per heavy atom. The number of carbonyl (C=O) groups excluding carboxylic acids is 2. The predicted octanol–water partition coefficient (Wildman–Crippen LogP) is 10.5. The van der Waals surface area contributed by atoms with E-state index in [4.69, 9.17) is 8.37 Å². The lowest BCUT2D eigenvalue weighted by molar-refractivity contribution is 0.261. The van der Waals surface area contributed by atoms with Gasteiger partial charge in [-0.05, 0) is 107 Å². The Hall–Kier alpha value is -7.68. The first-order valence-corrected chi connectivity index (χ1v) is 21.2. The van der Waals surface area contributed by atoms with E-state index >= 15 is 0 Å². The summed E-state index contributed by atoms with van der Waals surface area (Å²) in [6, 6.07) is 49.6. The number of nitrogens with one attached hydrogen (secondary N) is 4. The molecule has 0 fully saturated rings. The van der Waals surface area contributed by atoms with E-state index in [1.54, 1.807) is 60.7 Å². The van der Waals surface area contributed by atoms with E-state index in [9.17, 15) is 26.4 Å². The zero-order valence-corrected chi connectivity index (χ0v) is 33.0. The summed E-state index contributed by atoms with van der Waals surface area (Å²) in [6.45, 7) is 0. The summed E-state index contributed by atoms with van der Waals surface area (Å²) in [5, 5.41) is 13.6. The normalized spacial score (nSPS) is 11.4. The minimum absolute atomic E-state index is 0.0622. The first kappa shape index (κ1) is 39.2. The van der Waals surface area contributed by atoms with E-state index in [0.29, 0.717) is 33.5 Å². The molecule has 0 aliphatic heterocycles. The van der Waals surface area contributed by atoms with Crippen LogP contribution in [0.25, 0.3) is 32.7 Å². The summed E-state index contributed by atoms with van der Waals surface area (Å²) in [7, 11) is -8.22. The molecule has 12 nitrogen and oxygen atoms in total. The van der Waals surface area contributed by atoms with E-state index in [2.05, 4.69) is 21.3 Å². The molecule has 0 radical (unpaired) electrons. The third kappa shape index (κ3) is 9.05. The quantitative estimate of drug-likeness (QED) is 0.0934. The second kappa shape index (κ2) is 16.7. The molecule has 8 aromatic rings. The van der Waals surface area contributed by atoms with Crippen molar-refractivity contribution in [3.63, 3.8) is 0 Å². The van der Waals surface area contributed by atoms with Crippen molar-refractivity contribution in [1.82, 2.24) is 0 Å². The molecular weight excluding hydrogens is 801 g/mol. The van der Waals surface area contributed by atoms with Gasteiger partial charge in [-0.3, -0.25) is 0 Å². The zero-order valence-electron chi connectivity index (χ0n) is 31.4. The summed E-state index contributed by atoms with van der Waals surface area (Å²) < 4.78 is 63.0. The van der Waals surface area contributed by atoms with E-state index in [0.717, 1.165) is 21.9 Å². The van der Waals surface area contributed by atoms with Gasteiger partial charge in [0.05, 0.1) is 0 Å². The molecule has 0 unspecified atom stereocenters. The van der Waals surface area contributed by atoms with Crippen molar-refractivity contribution in [2.24, 2.45) is 0 Å². The van der Waals surface area contributed by atoms with Gasteiger partial charge in [-0.2, -0.15) is 16.8 Å². The summed E-state index contributed by atoms with van der Waals surface area (Å²) in [4.78, 5) is 25.6. The Labute approximate surface area is 345 Å². The fourth-order valence-corrected chi connectivity index (χ4v) is 8.75. The highest BCUT2D eigenvalue weighted by molar-refractivity contribution is 7.87. The average Bonchev–Trinajstić information content (AvgIpc) is 3.25. The fraction of sp³-hybridized carbons (Fsp3) is 0. The van der Waals surface area contributed by atoms with Gasteiger partial charge in [0, 0.05) is 33.5 Å². The van der Waals surface area contributed by atoms with E-state index in [1.807, 2.05) is 60.7 Å². The maximum atomic E-state index is 13.1. The first-order chi connectivity index (χ1) is 29.0. The average molecular weight is 835 g/mol. The number of fused-ring (bicyclic) bond motifs is 2. The minimum Gasteiger partial charge on any atom is -0.379 e. The van der Waals surface area contributed by atoms with E-state index < -0.39 is 32.3 Å². The third-order valence-corrected chi connectivity index (χ3v) is 11.9. The molecule has 0 atom stereocenters. The molecule has 8 aromatic carbocycles. The highest BCUT2D eigenvalue weighted by Crippen LogP contribution is 2.29. The van der Waals surface area contributed by atoms with Crippen molar-refractivity contribution in [3.8, 4) is 22.6 Å². The molecule has 8 rings (SSSR count). The second-order valence-corrected chi connectivity index (χ2v) is 16.4. The van der Waals surface area contributed by atoms with Crippen LogP contribution in [0.1, 0.15) is 0 Å². The van der Waals surface area contributed by atoms with Crippen LogP contribution in [0.3, 0.4) is 0 Å². The van der Waals surface area contributed by atoms with Crippen molar-refractivity contribution >= 4 is 76.6 Å². The SMILES string of the molecule is O=C(Nc1ccc(OS(=O)(=O)c2cccc3ccccc23)cc1)Nc1ccc(-c2ccc(NC(=O)Nc3ccc(OS(=O)(=O)c4cccc5ccccc45)cc3)cc2)cc1. The molecule has 0 aromatic heterocycles. The van der Waals surface area contributed by atoms with Crippen LogP contribution >= 0.6 is 0 Å². The van der Waals surface area contributed by atoms with Crippen LogP contribution in [-0.4, -0.2) is 28.9 Å². The summed E-state index contributed by atoms with van der Waals surface area (Å²) in [5.74, 6) is 0.195. The predicted molar refractivity (Wildman–Crippen MR) is 234 cm³/mol. The van der Waals surface area contributed by atoms with Crippen molar-refractivity contribution in [1.29, 1.82) is 0 Å². The smallest absolute Gasteiger partial charge is 0.339 e. The molecule has 0 aliphatic carbocycles. The Kier molecular flexibility index (Phi) is 10.9. The molecule has 0 saturated carbocycles. The summed E-state index contributed by atoms with van der Waals surface area (Å²) in [6.07, 6.45) is 0. The number of urea groups is 2. The number of anilines is 4. The van der Waals surface area contributed by atoms with Crippen molar-refractivity contribution in [2.75, 3.05) is 21.3 Å². The lowest BCUT2D eigenvalue weighted by Crippen LogP contribution is -2.19. The fourth-order valence-electron chi connectivity index (χ4n) is 6.44. The number of hydrogen-bond acceptors (Lipinski definition) is 8. The Balaban J connectivity index is 0.807. The molecule has 298 valence electrons. The van der Waals surface area contributed by atoms with Crippen LogP contribution < -0.4 is 29.6 Å². The molecule has 0 aliphatic rings. The van der Waals surface area contributed by atoms with Crippen molar-refractivity contribution in [3.05, 3.63) is 182 Å². The summed E-state index contributed by atoms with van der Waals surface area (Å²) in [5.41, 5.74) is 3.67. The first-order valence-electron chi connectivity index (χ1n) is 18.4. The van der Waals surface area contributed by atoms with Gasteiger partial charge in [-0.15, -0.1) is 0 Å². The molecule has 4 N–H and O–H groups in total. The lowest BCUT2D eigenvalue weighted by atomic mass is 10.1. The molecule has 0 spiro atoms. The highest BCUT2D eigenvalue weighted by atomic mass is 32.2. The minimum atomic E-state index is -4.11. The van der Waals surface area contributed by atoms with Crippen LogP contribution in [-0.2, 0) is 20.2 Å². The Bertz CT molecular complexity index is 2870. The van der Waals surface area contributed by atoms with Crippen LogP contribution in [0.2, 0.25) is 0 Å². The van der Waals surface area contributed by atoms with Gasteiger partial charge in [0.25, 0.3) is 0 Å². The number of hydrogen-bond donors (Lipinski definition) is 4. The molecule has 0 heterocycles. The Morgan fingerprint density at radius 3 is 1.00 bits per heavy atom. The molecule has 4 amide bonds. The van der Waals surface area contributed by atoms with Gasteiger partial charge in [0.2, 0.25) is 0 Å². The maximum Gasteiger partial charge on any atom is 0.339 e. The number of benzene rings is 8. The van der Waals surface area contributed by atoms with Crippen molar-refractivity contribution < 1.29 is 34.8 Å². The van der Waals surface area contributed by atoms with Gasteiger partial charge < -0.3 is 29.6 Å². The van der Waals surface area contributed by atoms with E-state index in [-0.39, 0.29) is 21.3 Å². The molecule has 14 heteroatoms. The van der Waals surface area contributed by atoms with Gasteiger partial charge in [-0.1, -0.05) is 97.1 Å². The number of amides is 4. The molecule has 0 bridgehead atoms. The third-order valence-electron chi connectivity index (χ3n) is 9.29. The molecule has 60 heavy (non-hydrogen) atoms. The number of carbonyl (C=O) groups is 2. The van der Waals surface area contributed by atoms with Crippen LogP contribution in [0.15, 0.2) is 192 Å². The maximum absolute atomic E-state index is 13.1. The van der Waals surface area contributed by atoms with E-state index in [1.165, 1.54) is 60.7 Å². The van der Waals surface area contributed by atoms with Gasteiger partial charge >= 0.3 is 32.3 Å². The lowest BCUT2D eigenvalue weighted by Gasteiger charge is -2.12. The topological polar surface area (TPSA) is 169 Å². The highest BCUT2D eigenvalue weighted by Gasteiger charge is 2.21. The van der Waals surface area contributed by atoms with Crippen LogP contribution in [0, 0.1) is 0 Å². The van der Waals surface area contributed by atoms with Crippen molar-refractivity contribution in [2.45, 2.75) is 9.79 Å². The van der Waals surface area contributed by atoms with Crippen LogP contribution in [0.5, 0.6) is 11.5 Å². The standard InChI is InChI=1S/C46H34N4O8S2/c51-45(49-37-23-27-39(28-24-37)57-59(53,54)43-13-5-9-33-7-1-3-11-41(33)43)47-35-19-15-31(16-20-35)32-17-21-36(22-18-32)48-46(52)50-38-25-29-40(30-26-38)58-60(55,56)44-14-6-10-34-8-2-4-12-42(34)44/h1-30H,(H2,47,49,51)(H2,48,50,52). The molecular formula is C46H34N4O8S2. The van der Waals surface area contributed by atoms with Gasteiger partial charge in [0.15, 0.2) is 0 Å². The monoisotopic (exact) mass is 834 g/mol. The van der Waals surface area contributed by atoms with Crippen LogP contribution in [0.4, 0.5) is 32.3 Å². The largest absolute Gasteiger partial charge is 0.379 e. The Morgan fingerprint density at radius 2 is 0.650 bits per heavy atom. The summed E-state index contributed by atoms with van der Waals surface area (Å²) >= 11 is 0. The zero-order chi connectivity index (χ0) is 41.7. The van der Waals surface area contributed by atoms with Gasteiger partial charge in [-0.25, -0.2) is 9.59 Å². The second-order valence-electron chi connectivity index (χ2n) is 13.4. The molecule has 0 saturated heterocycles. The van der Waals surface area contributed by atoms with Gasteiger partial charge in [0.1, 0.15) is 21.3 Å². The number of rotatable bonds is 11.